The third kappa shape index (κ3) is 7.10. The predicted octanol–water partition coefficient (Wildman–Crippen LogP) is 5.29. The number of rotatable bonds is 14. The molecule has 0 bridgehead atoms. The summed E-state index contributed by atoms with van der Waals surface area (Å²) in [5, 5.41) is 0. The third-order valence-electron chi connectivity index (χ3n) is 6.77. The Morgan fingerprint density at radius 2 is 1.38 bits per heavy atom. The Bertz CT molecular complexity index is 1020. The van der Waals surface area contributed by atoms with Gasteiger partial charge in [-0.15, -0.1) is 0 Å². The van der Waals surface area contributed by atoms with Gasteiger partial charge in [0.15, 0.2) is 23.0 Å². The highest BCUT2D eigenvalue weighted by Gasteiger charge is 2.33. The van der Waals surface area contributed by atoms with E-state index in [1.165, 1.54) is 5.56 Å². The van der Waals surface area contributed by atoms with Gasteiger partial charge in [0.05, 0.1) is 39.0 Å². The van der Waals surface area contributed by atoms with Crippen molar-refractivity contribution in [2.75, 3.05) is 52.6 Å². The molecule has 0 aliphatic carbocycles. The van der Waals surface area contributed by atoms with Crippen LogP contribution in [-0.2, 0) is 17.6 Å². The molecule has 3 rings (SSSR count). The van der Waals surface area contributed by atoms with Crippen molar-refractivity contribution in [3.05, 3.63) is 47.0 Å². The van der Waals surface area contributed by atoms with Crippen molar-refractivity contribution in [1.29, 1.82) is 0 Å². The molecule has 0 unspecified atom stereocenters. The average Bonchev–Trinajstić information content (AvgIpc) is 2.89. The second kappa shape index (κ2) is 14.1. The minimum Gasteiger partial charge on any atom is -0.490 e. The summed E-state index contributed by atoms with van der Waals surface area (Å²) < 4.78 is 23.5. The van der Waals surface area contributed by atoms with Crippen LogP contribution >= 0.6 is 0 Å². The van der Waals surface area contributed by atoms with Gasteiger partial charge in [-0.3, -0.25) is 9.69 Å². The first-order chi connectivity index (χ1) is 18.0. The Hall–Kier alpha value is -2.93. The summed E-state index contributed by atoms with van der Waals surface area (Å²) in [6.45, 7) is 17.1. The summed E-state index contributed by atoms with van der Waals surface area (Å²) >= 11 is 0. The number of fused-ring (bicyclic) bond motifs is 1. The zero-order chi connectivity index (χ0) is 26.8. The molecule has 37 heavy (non-hydrogen) atoms. The minimum absolute atomic E-state index is 0.117. The number of likely N-dealkylation sites (N-methyl/N-ethyl adjacent to an activating group) is 1. The number of nitrogens with zero attached hydrogens (tertiary/aromatic N) is 2. The Morgan fingerprint density at radius 1 is 0.811 bits per heavy atom. The average molecular weight is 513 g/mol. The van der Waals surface area contributed by atoms with Gasteiger partial charge in [-0.25, -0.2) is 0 Å². The molecular formula is C30H44N2O5. The number of hydrogen-bond acceptors (Lipinski definition) is 6. The zero-order valence-electron chi connectivity index (χ0n) is 23.5. The quantitative estimate of drug-likeness (QED) is 0.343. The highest BCUT2D eigenvalue weighted by Crippen LogP contribution is 2.41. The lowest BCUT2D eigenvalue weighted by atomic mass is 9.88. The lowest BCUT2D eigenvalue weighted by molar-refractivity contribution is -0.135. The third-order valence-corrected chi connectivity index (χ3v) is 6.77. The molecule has 7 heteroatoms. The first-order valence-corrected chi connectivity index (χ1v) is 13.8. The molecule has 0 fully saturated rings. The number of ether oxygens (including phenoxy) is 4. The van der Waals surface area contributed by atoms with E-state index in [1.54, 1.807) is 0 Å². The lowest BCUT2D eigenvalue weighted by Crippen LogP contribution is -2.46. The second-order valence-corrected chi connectivity index (χ2v) is 9.03. The molecule has 0 aromatic heterocycles. The van der Waals surface area contributed by atoms with Crippen LogP contribution in [0.5, 0.6) is 23.0 Å². The topological polar surface area (TPSA) is 60.5 Å². The molecule has 1 heterocycles. The Balaban J connectivity index is 2.04. The molecule has 0 saturated carbocycles. The number of amides is 1. The Morgan fingerprint density at radius 3 is 1.97 bits per heavy atom. The summed E-state index contributed by atoms with van der Waals surface area (Å²) in [5.74, 6) is 3.13. The van der Waals surface area contributed by atoms with E-state index in [0.717, 1.165) is 53.6 Å². The van der Waals surface area contributed by atoms with Crippen molar-refractivity contribution < 1.29 is 23.7 Å². The molecule has 0 N–H and O–H groups in total. The molecule has 2 aromatic carbocycles. The van der Waals surface area contributed by atoms with Crippen molar-refractivity contribution >= 4 is 5.91 Å². The van der Waals surface area contributed by atoms with Gasteiger partial charge in [0.2, 0.25) is 5.91 Å². The number of carbonyl (C=O) groups excluding carboxylic acids is 1. The number of benzene rings is 2. The summed E-state index contributed by atoms with van der Waals surface area (Å²) in [7, 11) is 0. The Kier molecular flexibility index (Phi) is 10.9. The van der Waals surface area contributed by atoms with Crippen molar-refractivity contribution in [2.24, 2.45) is 0 Å². The molecule has 0 saturated heterocycles. The molecule has 204 valence electrons. The molecule has 0 spiro atoms. The van der Waals surface area contributed by atoms with Crippen LogP contribution in [0.15, 0.2) is 30.3 Å². The predicted molar refractivity (Wildman–Crippen MR) is 147 cm³/mol. The minimum atomic E-state index is -0.117. The summed E-state index contributed by atoms with van der Waals surface area (Å²) in [6.07, 6.45) is 1.46. The van der Waals surface area contributed by atoms with Crippen molar-refractivity contribution in [3.63, 3.8) is 0 Å². The second-order valence-electron chi connectivity index (χ2n) is 9.03. The van der Waals surface area contributed by atoms with E-state index in [4.69, 9.17) is 18.9 Å². The van der Waals surface area contributed by atoms with Gasteiger partial charge in [0.25, 0.3) is 0 Å². The van der Waals surface area contributed by atoms with Crippen LogP contribution in [0.4, 0.5) is 0 Å². The van der Waals surface area contributed by atoms with Crippen LogP contribution in [0, 0.1) is 0 Å². The number of carbonyl (C=O) groups is 1. The lowest BCUT2D eigenvalue weighted by Gasteiger charge is -2.39. The van der Waals surface area contributed by atoms with E-state index >= 15 is 0 Å². The molecule has 1 amide bonds. The fourth-order valence-corrected chi connectivity index (χ4v) is 4.94. The van der Waals surface area contributed by atoms with Crippen LogP contribution in [0.25, 0.3) is 0 Å². The van der Waals surface area contributed by atoms with Gasteiger partial charge in [0.1, 0.15) is 0 Å². The maximum Gasteiger partial charge on any atom is 0.237 e. The van der Waals surface area contributed by atoms with Crippen molar-refractivity contribution in [3.8, 4) is 23.0 Å². The number of hydrogen-bond donors (Lipinski definition) is 0. The van der Waals surface area contributed by atoms with Gasteiger partial charge in [-0.05, 0) is 94.6 Å². The standard InChI is InChI=1S/C30H44N2O5/c1-7-31(8-2)21-30(33)32-16-15-23-19-28(36-11-5)29(37-12-6)20-24(23)25(32)17-22-13-14-26(34-9-3)27(18-22)35-10-4/h13-14,18-20,25H,7-12,15-17,21H2,1-6H3/t25-/m0/s1. The highest BCUT2D eigenvalue weighted by molar-refractivity contribution is 5.79. The maximum atomic E-state index is 13.6. The van der Waals surface area contributed by atoms with Gasteiger partial charge in [0, 0.05) is 6.54 Å². The molecule has 1 atom stereocenters. The van der Waals surface area contributed by atoms with Crippen LogP contribution in [0.1, 0.15) is 64.3 Å². The molecule has 1 aliphatic heterocycles. The van der Waals surface area contributed by atoms with E-state index in [-0.39, 0.29) is 11.9 Å². The van der Waals surface area contributed by atoms with Crippen LogP contribution < -0.4 is 18.9 Å². The fourth-order valence-electron chi connectivity index (χ4n) is 4.94. The summed E-state index contributed by atoms with van der Waals surface area (Å²) in [5.41, 5.74) is 3.43. The van der Waals surface area contributed by atoms with Crippen LogP contribution in [0.3, 0.4) is 0 Å². The molecule has 2 aromatic rings. The maximum absolute atomic E-state index is 13.6. The van der Waals surface area contributed by atoms with E-state index in [9.17, 15) is 4.79 Å². The van der Waals surface area contributed by atoms with Crippen molar-refractivity contribution in [2.45, 2.75) is 60.4 Å². The zero-order valence-corrected chi connectivity index (χ0v) is 23.5. The van der Waals surface area contributed by atoms with E-state index in [0.29, 0.717) is 45.9 Å². The summed E-state index contributed by atoms with van der Waals surface area (Å²) in [6, 6.07) is 10.2. The smallest absolute Gasteiger partial charge is 0.237 e. The van der Waals surface area contributed by atoms with Crippen LogP contribution in [0.2, 0.25) is 0 Å². The van der Waals surface area contributed by atoms with E-state index in [2.05, 4.69) is 36.9 Å². The molecular weight excluding hydrogens is 468 g/mol. The summed E-state index contributed by atoms with van der Waals surface area (Å²) in [4.78, 5) is 17.8. The largest absolute Gasteiger partial charge is 0.490 e. The van der Waals surface area contributed by atoms with Gasteiger partial charge >= 0.3 is 0 Å². The van der Waals surface area contributed by atoms with E-state index in [1.807, 2.05) is 44.7 Å². The first kappa shape index (κ1) is 28.6. The van der Waals surface area contributed by atoms with Crippen molar-refractivity contribution in [1.82, 2.24) is 9.80 Å². The van der Waals surface area contributed by atoms with Crippen LogP contribution in [-0.4, -0.2) is 68.3 Å². The normalized spacial score (nSPS) is 14.9. The van der Waals surface area contributed by atoms with Gasteiger partial charge < -0.3 is 23.8 Å². The molecule has 7 nitrogen and oxygen atoms in total. The van der Waals surface area contributed by atoms with Gasteiger partial charge in [-0.2, -0.15) is 0 Å². The Labute approximate surface area is 222 Å². The SMILES string of the molecule is CCOc1ccc(C[C@H]2c3cc(OCC)c(OCC)cc3CCN2C(=O)CN(CC)CC)cc1OCC. The van der Waals surface area contributed by atoms with E-state index < -0.39 is 0 Å². The molecule has 0 radical (unpaired) electrons. The fraction of sp³-hybridized carbons (Fsp3) is 0.567. The monoisotopic (exact) mass is 512 g/mol. The highest BCUT2D eigenvalue weighted by atomic mass is 16.5. The first-order valence-electron chi connectivity index (χ1n) is 13.8. The molecule has 1 aliphatic rings. The van der Waals surface area contributed by atoms with Gasteiger partial charge in [-0.1, -0.05) is 19.9 Å².